The average molecular weight is 558 g/mol. The highest BCUT2D eigenvalue weighted by molar-refractivity contribution is 6.15. The smallest absolute Gasteiger partial charge is 0.414 e. The summed E-state index contributed by atoms with van der Waals surface area (Å²) in [6.45, 7) is 3.98. The Morgan fingerprint density at radius 3 is 2.42 bits per heavy atom. The number of hydrogen-bond donors (Lipinski definition) is 2. The first-order valence-electron chi connectivity index (χ1n) is 13.2. The van der Waals surface area contributed by atoms with E-state index in [0.717, 1.165) is 6.07 Å². The number of hydrogen-bond acceptors (Lipinski definition) is 9. The molecule has 4 heterocycles. The van der Waals surface area contributed by atoms with Crippen LogP contribution in [0.2, 0.25) is 0 Å². The summed E-state index contributed by atoms with van der Waals surface area (Å²) in [5.41, 5.74) is 6.99. The van der Waals surface area contributed by atoms with Crippen LogP contribution in [0.3, 0.4) is 0 Å². The molecule has 3 N–H and O–H groups in total. The zero-order valence-electron chi connectivity index (χ0n) is 21.8. The van der Waals surface area contributed by atoms with Gasteiger partial charge in [0.25, 0.3) is 0 Å². The zero-order chi connectivity index (χ0) is 28.3. The van der Waals surface area contributed by atoms with Crippen LogP contribution in [-0.4, -0.2) is 87.5 Å². The number of ether oxygens (including phenoxy) is 2. The van der Waals surface area contributed by atoms with Crippen LogP contribution >= 0.6 is 0 Å². The number of nitrogens with zero attached hydrogens (tertiary/aromatic N) is 4. The van der Waals surface area contributed by atoms with Crippen molar-refractivity contribution in [2.75, 3.05) is 72.0 Å². The van der Waals surface area contributed by atoms with Crippen molar-refractivity contribution in [3.05, 3.63) is 41.5 Å². The number of halogens is 2. The summed E-state index contributed by atoms with van der Waals surface area (Å²) in [7, 11) is 0. The molecule has 4 aliphatic heterocycles. The fourth-order valence-corrected chi connectivity index (χ4v) is 5.90. The number of benzene rings is 2. The van der Waals surface area contributed by atoms with Crippen LogP contribution in [0, 0.1) is 17.6 Å². The quantitative estimate of drug-likeness (QED) is 0.527. The average Bonchev–Trinajstić information content (AvgIpc) is 3.32. The molecule has 0 radical (unpaired) electrons. The van der Waals surface area contributed by atoms with Gasteiger partial charge in [-0.05, 0) is 31.2 Å². The van der Waals surface area contributed by atoms with Gasteiger partial charge in [-0.25, -0.2) is 13.6 Å². The third-order valence-corrected chi connectivity index (χ3v) is 8.05. The molecule has 40 heavy (non-hydrogen) atoms. The second kappa shape index (κ2) is 9.81. The molecule has 0 aromatic heterocycles. The minimum atomic E-state index is -1.27. The molecule has 0 spiro atoms. The Kier molecular flexibility index (Phi) is 6.40. The second-order valence-electron chi connectivity index (χ2n) is 10.5. The predicted molar refractivity (Wildman–Crippen MR) is 142 cm³/mol. The summed E-state index contributed by atoms with van der Waals surface area (Å²) in [4.78, 5) is 43.5. The number of carboxylic acids is 1. The Labute approximate surface area is 228 Å². The Morgan fingerprint density at radius 1 is 1.05 bits per heavy atom. The molecule has 0 saturated carbocycles. The van der Waals surface area contributed by atoms with Crippen LogP contribution in [0.5, 0.6) is 5.75 Å². The Balaban J connectivity index is 1.23. The first-order valence-corrected chi connectivity index (χ1v) is 13.2. The summed E-state index contributed by atoms with van der Waals surface area (Å²) in [5.74, 6) is -4.06. The molecule has 212 valence electrons. The molecule has 0 bridgehead atoms. The highest BCUT2D eigenvalue weighted by Crippen LogP contribution is 2.49. The number of carbonyl (C=O) groups is 3. The van der Waals surface area contributed by atoms with E-state index in [2.05, 4.69) is 0 Å². The number of aliphatic carboxylic acids is 1. The van der Waals surface area contributed by atoms with Crippen molar-refractivity contribution in [2.45, 2.75) is 19.1 Å². The van der Waals surface area contributed by atoms with E-state index in [4.69, 9.17) is 15.2 Å². The fraction of sp³-hybridized carbons (Fsp3) is 0.444. The highest BCUT2D eigenvalue weighted by Gasteiger charge is 2.44. The van der Waals surface area contributed by atoms with E-state index < -0.39 is 41.5 Å². The highest BCUT2D eigenvalue weighted by atomic mass is 19.1. The molecule has 2 aromatic rings. The lowest BCUT2D eigenvalue weighted by Gasteiger charge is -2.44. The Hall–Kier alpha value is -4.13. The topological polar surface area (TPSA) is 129 Å². The summed E-state index contributed by atoms with van der Waals surface area (Å²) in [5, 5.41) is 9.55. The summed E-state index contributed by atoms with van der Waals surface area (Å²) in [6.07, 6.45) is -1.00. The van der Waals surface area contributed by atoms with Gasteiger partial charge in [0.15, 0.2) is 17.3 Å². The van der Waals surface area contributed by atoms with Gasteiger partial charge in [-0.2, -0.15) is 0 Å². The second-order valence-corrected chi connectivity index (χ2v) is 10.5. The van der Waals surface area contributed by atoms with Crippen molar-refractivity contribution in [1.82, 2.24) is 0 Å². The van der Waals surface area contributed by atoms with Crippen LogP contribution in [-0.2, 0) is 9.53 Å². The molecule has 3 atom stereocenters. The van der Waals surface area contributed by atoms with E-state index in [1.165, 1.54) is 11.0 Å². The van der Waals surface area contributed by atoms with Gasteiger partial charge in [0.05, 0.1) is 29.6 Å². The Bertz CT molecular complexity index is 1400. The van der Waals surface area contributed by atoms with Crippen molar-refractivity contribution >= 4 is 40.6 Å². The van der Waals surface area contributed by atoms with Gasteiger partial charge in [-0.1, -0.05) is 0 Å². The lowest BCUT2D eigenvalue weighted by atomic mass is 9.88. The maximum atomic E-state index is 15.6. The van der Waals surface area contributed by atoms with Crippen molar-refractivity contribution in [2.24, 2.45) is 11.7 Å². The molecule has 6 rings (SSSR count). The molecule has 11 nitrogen and oxygen atoms in total. The summed E-state index contributed by atoms with van der Waals surface area (Å²) < 4.78 is 41.9. The molecule has 2 aromatic carbocycles. The number of cyclic esters (lactones) is 1. The minimum absolute atomic E-state index is 0.00511. The van der Waals surface area contributed by atoms with Crippen LogP contribution in [0.1, 0.15) is 17.3 Å². The van der Waals surface area contributed by atoms with E-state index in [0.29, 0.717) is 43.2 Å². The van der Waals surface area contributed by atoms with Crippen LogP contribution < -0.4 is 30.1 Å². The maximum Gasteiger partial charge on any atom is 0.414 e. The summed E-state index contributed by atoms with van der Waals surface area (Å²) >= 11 is 0. The largest absolute Gasteiger partial charge is 0.487 e. The van der Waals surface area contributed by atoms with Gasteiger partial charge in [-0.3, -0.25) is 14.5 Å². The number of anilines is 4. The standard InChI is InChI=1S/C27H29F2N5O6/c1-14-13-39-25-22-17(24(35)18(26(36)37)12-33(14)22)9-20(29)23(25)32-6-4-31(5-7-32)21-3-2-15(8-19(21)28)34-11-16(10-30)40-27(34)38/h2-3,8-9,14,16,18H,4-7,10-13,30H2,1H3,(H,36,37). The van der Waals surface area contributed by atoms with Crippen molar-refractivity contribution < 1.29 is 37.7 Å². The molecule has 3 unspecified atom stereocenters. The number of carboxylic acid groups (broad SMARTS) is 1. The first-order chi connectivity index (χ1) is 19.2. The van der Waals surface area contributed by atoms with Crippen LogP contribution in [0.25, 0.3) is 0 Å². The van der Waals surface area contributed by atoms with E-state index in [-0.39, 0.29) is 49.3 Å². The number of piperazine rings is 1. The Morgan fingerprint density at radius 2 is 1.77 bits per heavy atom. The van der Waals surface area contributed by atoms with Gasteiger partial charge in [0, 0.05) is 44.8 Å². The molecule has 4 aliphatic rings. The van der Waals surface area contributed by atoms with Crippen LogP contribution in [0.4, 0.5) is 36.3 Å². The monoisotopic (exact) mass is 557 g/mol. The van der Waals surface area contributed by atoms with E-state index in [1.807, 2.05) is 21.6 Å². The summed E-state index contributed by atoms with van der Waals surface area (Å²) in [6, 6.07) is 5.48. The number of carbonyl (C=O) groups excluding carboxylic acids is 2. The molecule has 2 saturated heterocycles. The van der Waals surface area contributed by atoms with Gasteiger partial charge in [0.1, 0.15) is 30.1 Å². The van der Waals surface area contributed by atoms with Gasteiger partial charge >= 0.3 is 12.1 Å². The van der Waals surface area contributed by atoms with Crippen molar-refractivity contribution in [1.29, 1.82) is 0 Å². The first kappa shape index (κ1) is 26.1. The predicted octanol–water partition coefficient (Wildman–Crippen LogP) is 2.06. The molecular formula is C27H29F2N5O6. The molecular weight excluding hydrogens is 528 g/mol. The molecule has 1 amide bonds. The minimum Gasteiger partial charge on any atom is -0.487 e. The van der Waals surface area contributed by atoms with Gasteiger partial charge < -0.3 is 35.0 Å². The van der Waals surface area contributed by atoms with Crippen molar-refractivity contribution in [3.8, 4) is 5.75 Å². The lowest BCUT2D eigenvalue weighted by Crippen LogP contribution is -2.52. The normalized spacial score (nSPS) is 24.1. The van der Waals surface area contributed by atoms with Crippen LogP contribution in [0.15, 0.2) is 24.3 Å². The molecule has 2 fully saturated rings. The lowest BCUT2D eigenvalue weighted by molar-refractivity contribution is -0.139. The zero-order valence-corrected chi connectivity index (χ0v) is 21.8. The van der Waals surface area contributed by atoms with E-state index in [9.17, 15) is 19.5 Å². The third kappa shape index (κ3) is 4.15. The van der Waals surface area contributed by atoms with E-state index >= 15 is 8.78 Å². The third-order valence-electron chi connectivity index (χ3n) is 8.05. The number of rotatable bonds is 5. The fourth-order valence-electron chi connectivity index (χ4n) is 5.90. The number of nitrogens with two attached hydrogens (primary N) is 1. The van der Waals surface area contributed by atoms with Crippen molar-refractivity contribution in [3.63, 3.8) is 0 Å². The van der Waals surface area contributed by atoms with E-state index in [1.54, 1.807) is 12.1 Å². The van der Waals surface area contributed by atoms with Gasteiger partial charge in [0.2, 0.25) is 0 Å². The SMILES string of the molecule is CC1COc2c(N3CCN(c4ccc(N5CC(CN)OC5=O)cc4F)CC3)c(F)cc3c2N1CC(C(=O)O)C3=O. The number of Topliss-reactive ketones (excluding diaryl/α,β-unsaturated/α-hetero) is 1. The molecule has 0 aliphatic carbocycles. The number of ketones is 1. The maximum absolute atomic E-state index is 15.6. The molecule has 13 heteroatoms. The number of amides is 1. The van der Waals surface area contributed by atoms with Gasteiger partial charge in [-0.15, -0.1) is 0 Å².